The van der Waals surface area contributed by atoms with Crippen LogP contribution in [0.5, 0.6) is 11.5 Å². The molecule has 1 heterocycles. The summed E-state index contributed by atoms with van der Waals surface area (Å²) in [5.74, 6) is 1.02. The van der Waals surface area contributed by atoms with E-state index >= 15 is 0 Å². The van der Waals surface area contributed by atoms with E-state index in [1.54, 1.807) is 32.4 Å². The van der Waals surface area contributed by atoms with Crippen molar-refractivity contribution >= 4 is 39.9 Å². The van der Waals surface area contributed by atoms with E-state index in [1.807, 2.05) is 31.2 Å². The van der Waals surface area contributed by atoms with Crippen LogP contribution in [0, 0.1) is 6.92 Å². The number of carbonyl (C=O) groups excluding carboxylic acids is 1. The van der Waals surface area contributed by atoms with Crippen LogP contribution in [-0.4, -0.2) is 25.2 Å². The van der Waals surface area contributed by atoms with Crippen molar-refractivity contribution < 1.29 is 18.7 Å². The van der Waals surface area contributed by atoms with Crippen LogP contribution in [0.1, 0.15) is 16.1 Å². The molecule has 0 aliphatic carbocycles. The van der Waals surface area contributed by atoms with E-state index in [9.17, 15) is 4.79 Å². The molecule has 0 saturated heterocycles. The van der Waals surface area contributed by atoms with Crippen LogP contribution < -0.4 is 20.1 Å². The predicted octanol–water partition coefficient (Wildman–Crippen LogP) is 3.89. The Morgan fingerprint density at radius 3 is 2.58 bits per heavy atom. The summed E-state index contributed by atoms with van der Waals surface area (Å²) in [6, 6.07) is 12.7. The largest absolute Gasteiger partial charge is 0.497 e. The van der Waals surface area contributed by atoms with Crippen molar-refractivity contribution in [1.82, 2.24) is 5.32 Å². The van der Waals surface area contributed by atoms with Gasteiger partial charge in [0.1, 0.15) is 17.1 Å². The van der Waals surface area contributed by atoms with Gasteiger partial charge in [-0.15, -0.1) is 0 Å². The molecule has 3 aromatic rings. The minimum Gasteiger partial charge on any atom is -0.497 e. The first kappa shape index (κ1) is 17.8. The number of para-hydroxylation sites is 1. The zero-order valence-corrected chi connectivity index (χ0v) is 15.4. The van der Waals surface area contributed by atoms with Gasteiger partial charge in [0.25, 0.3) is 5.91 Å². The third-order valence-corrected chi connectivity index (χ3v) is 4.14. The Labute approximate surface area is 156 Å². The highest BCUT2D eigenvalue weighted by molar-refractivity contribution is 7.80. The lowest BCUT2D eigenvalue weighted by atomic mass is 10.1. The molecule has 1 aromatic heterocycles. The van der Waals surface area contributed by atoms with Crippen LogP contribution in [0.4, 0.5) is 5.69 Å². The number of amides is 1. The van der Waals surface area contributed by atoms with Crippen LogP contribution in [0.2, 0.25) is 0 Å². The number of furan rings is 1. The molecule has 2 N–H and O–H groups in total. The molecule has 3 rings (SSSR count). The number of aryl methyl sites for hydroxylation is 1. The summed E-state index contributed by atoms with van der Waals surface area (Å²) in [4.78, 5) is 12.5. The second kappa shape index (κ2) is 7.45. The van der Waals surface area contributed by atoms with Gasteiger partial charge in [-0.05, 0) is 37.3 Å². The molecule has 0 fully saturated rings. The second-order valence-corrected chi connectivity index (χ2v) is 5.94. The Kier molecular flexibility index (Phi) is 5.09. The third-order valence-electron chi connectivity index (χ3n) is 3.93. The van der Waals surface area contributed by atoms with Gasteiger partial charge in [0.15, 0.2) is 10.9 Å². The lowest BCUT2D eigenvalue weighted by Gasteiger charge is -2.13. The number of benzene rings is 2. The van der Waals surface area contributed by atoms with E-state index in [-0.39, 0.29) is 10.9 Å². The molecule has 0 bridgehead atoms. The van der Waals surface area contributed by atoms with Crippen molar-refractivity contribution in [2.75, 3.05) is 19.5 Å². The van der Waals surface area contributed by atoms with Gasteiger partial charge in [0.2, 0.25) is 0 Å². The van der Waals surface area contributed by atoms with Gasteiger partial charge in [-0.2, -0.15) is 0 Å². The maximum Gasteiger partial charge on any atom is 0.293 e. The van der Waals surface area contributed by atoms with Gasteiger partial charge in [0.05, 0.1) is 19.9 Å². The SMILES string of the molecule is COc1ccc(NC(=S)NC(=O)c2oc3ccccc3c2C)c(OC)c1. The number of methoxy groups -OCH3 is 2. The Morgan fingerprint density at radius 1 is 1.12 bits per heavy atom. The Hall–Kier alpha value is -3.06. The third kappa shape index (κ3) is 3.48. The highest BCUT2D eigenvalue weighted by Crippen LogP contribution is 2.29. The minimum absolute atomic E-state index is 0.137. The van der Waals surface area contributed by atoms with E-state index < -0.39 is 5.91 Å². The summed E-state index contributed by atoms with van der Waals surface area (Å²) < 4.78 is 16.1. The van der Waals surface area contributed by atoms with Crippen LogP contribution >= 0.6 is 12.2 Å². The first-order valence-electron chi connectivity index (χ1n) is 7.86. The highest BCUT2D eigenvalue weighted by Gasteiger charge is 2.18. The maximum atomic E-state index is 12.5. The monoisotopic (exact) mass is 370 g/mol. The average molecular weight is 370 g/mol. The fraction of sp³-hybridized carbons (Fsp3) is 0.158. The molecule has 6 nitrogen and oxygen atoms in total. The first-order chi connectivity index (χ1) is 12.5. The van der Waals surface area contributed by atoms with Gasteiger partial charge in [-0.3, -0.25) is 10.1 Å². The summed E-state index contributed by atoms with van der Waals surface area (Å²) in [7, 11) is 3.11. The van der Waals surface area contributed by atoms with Crippen molar-refractivity contribution in [2.24, 2.45) is 0 Å². The number of carbonyl (C=O) groups is 1. The molecule has 0 aliphatic heterocycles. The molecule has 26 heavy (non-hydrogen) atoms. The lowest BCUT2D eigenvalue weighted by molar-refractivity contribution is 0.0952. The minimum atomic E-state index is -0.413. The summed E-state index contributed by atoms with van der Waals surface area (Å²) in [6.07, 6.45) is 0. The van der Waals surface area contributed by atoms with Crippen LogP contribution in [-0.2, 0) is 0 Å². The molecule has 2 aromatic carbocycles. The highest BCUT2D eigenvalue weighted by atomic mass is 32.1. The normalized spacial score (nSPS) is 10.4. The molecule has 0 unspecified atom stereocenters. The van der Waals surface area contributed by atoms with Gasteiger partial charge < -0.3 is 19.2 Å². The number of hydrogen-bond acceptors (Lipinski definition) is 5. The van der Waals surface area contributed by atoms with E-state index in [0.29, 0.717) is 22.8 Å². The fourth-order valence-electron chi connectivity index (χ4n) is 2.61. The standard InChI is InChI=1S/C19H18N2O4S/c1-11-13-6-4-5-7-15(13)25-17(11)18(22)21-19(26)20-14-9-8-12(23-2)10-16(14)24-3/h4-10H,1-3H3,(H2,20,21,22,26). The Balaban J connectivity index is 1.75. The number of rotatable bonds is 4. The van der Waals surface area contributed by atoms with Crippen LogP contribution in [0.15, 0.2) is 46.9 Å². The second-order valence-electron chi connectivity index (χ2n) is 5.53. The average Bonchev–Trinajstić information content (AvgIpc) is 2.99. The summed E-state index contributed by atoms with van der Waals surface area (Å²) >= 11 is 5.23. The smallest absolute Gasteiger partial charge is 0.293 e. The molecular weight excluding hydrogens is 352 g/mol. The van der Waals surface area contributed by atoms with Crippen molar-refractivity contribution in [2.45, 2.75) is 6.92 Å². The predicted molar refractivity (Wildman–Crippen MR) is 104 cm³/mol. The molecule has 0 spiro atoms. The van der Waals surface area contributed by atoms with Crippen LogP contribution in [0.25, 0.3) is 11.0 Å². The molecule has 0 radical (unpaired) electrons. The summed E-state index contributed by atoms with van der Waals surface area (Å²) in [6.45, 7) is 1.84. The zero-order valence-electron chi connectivity index (χ0n) is 14.6. The molecule has 0 atom stereocenters. The first-order valence-corrected chi connectivity index (χ1v) is 8.26. The van der Waals surface area contributed by atoms with Crippen molar-refractivity contribution in [3.63, 3.8) is 0 Å². The summed E-state index contributed by atoms with van der Waals surface area (Å²) in [5.41, 5.74) is 2.04. The number of fused-ring (bicyclic) bond motifs is 1. The molecule has 7 heteroatoms. The van der Waals surface area contributed by atoms with Crippen molar-refractivity contribution in [1.29, 1.82) is 0 Å². The lowest BCUT2D eigenvalue weighted by Crippen LogP contribution is -2.34. The number of hydrogen-bond donors (Lipinski definition) is 2. The number of anilines is 1. The van der Waals surface area contributed by atoms with Gasteiger partial charge in [0, 0.05) is 17.0 Å². The Morgan fingerprint density at radius 2 is 1.88 bits per heavy atom. The molecule has 0 aliphatic rings. The Bertz CT molecular complexity index is 981. The molecule has 134 valence electrons. The number of ether oxygens (including phenoxy) is 2. The van der Waals surface area contributed by atoms with Gasteiger partial charge >= 0.3 is 0 Å². The number of thiocarbonyl (C=S) groups is 1. The van der Waals surface area contributed by atoms with Crippen molar-refractivity contribution in [3.05, 3.63) is 53.8 Å². The topological polar surface area (TPSA) is 72.7 Å². The molecule has 0 saturated carbocycles. The van der Waals surface area contributed by atoms with E-state index in [4.69, 9.17) is 26.1 Å². The van der Waals surface area contributed by atoms with Crippen LogP contribution in [0.3, 0.4) is 0 Å². The fourth-order valence-corrected chi connectivity index (χ4v) is 2.81. The molecule has 1 amide bonds. The number of nitrogens with one attached hydrogen (secondary N) is 2. The van der Waals surface area contributed by atoms with E-state index in [2.05, 4.69) is 10.6 Å². The van der Waals surface area contributed by atoms with E-state index in [0.717, 1.165) is 10.9 Å². The van der Waals surface area contributed by atoms with E-state index in [1.165, 1.54) is 0 Å². The zero-order chi connectivity index (χ0) is 18.7. The van der Waals surface area contributed by atoms with Crippen molar-refractivity contribution in [3.8, 4) is 11.5 Å². The molecular formula is C19H18N2O4S. The van der Waals surface area contributed by atoms with Gasteiger partial charge in [-0.1, -0.05) is 18.2 Å². The quantitative estimate of drug-likeness (QED) is 0.679. The maximum absolute atomic E-state index is 12.5. The van der Waals surface area contributed by atoms with Gasteiger partial charge in [-0.25, -0.2) is 0 Å². The summed E-state index contributed by atoms with van der Waals surface area (Å²) in [5, 5.41) is 6.61.